The van der Waals surface area contributed by atoms with Gasteiger partial charge in [-0.3, -0.25) is 0 Å². The predicted molar refractivity (Wildman–Crippen MR) is 92.6 cm³/mol. The second-order valence-electron chi connectivity index (χ2n) is 6.92. The van der Waals surface area contributed by atoms with Crippen LogP contribution in [0.5, 0.6) is 0 Å². The minimum atomic E-state index is 0.526. The van der Waals surface area contributed by atoms with E-state index < -0.39 is 0 Å². The molecule has 1 fully saturated rings. The Kier molecular flexibility index (Phi) is 6.76. The van der Waals surface area contributed by atoms with Crippen LogP contribution >= 0.6 is 0 Å². The van der Waals surface area contributed by atoms with Crippen molar-refractivity contribution in [3.05, 3.63) is 35.4 Å². The maximum atomic E-state index is 3.78. The molecule has 0 aliphatic heterocycles. The summed E-state index contributed by atoms with van der Waals surface area (Å²) in [5.41, 5.74) is 2.89. The number of nitrogens with one attached hydrogen (secondary N) is 1. The summed E-state index contributed by atoms with van der Waals surface area (Å²) in [5.74, 6) is 1.93. The highest BCUT2D eigenvalue weighted by molar-refractivity contribution is 5.25. The number of rotatable bonds is 7. The summed E-state index contributed by atoms with van der Waals surface area (Å²) in [5, 5.41) is 3.78. The van der Waals surface area contributed by atoms with Gasteiger partial charge in [-0.05, 0) is 48.8 Å². The molecule has 1 unspecified atom stereocenters. The van der Waals surface area contributed by atoms with Crippen molar-refractivity contribution in [2.45, 2.75) is 71.8 Å². The molecular formula is C20H33N. The zero-order valence-electron chi connectivity index (χ0n) is 14.2. The molecule has 118 valence electrons. The lowest BCUT2D eigenvalue weighted by molar-refractivity contribution is 0.272. The van der Waals surface area contributed by atoms with Crippen LogP contribution in [-0.2, 0) is 6.42 Å². The van der Waals surface area contributed by atoms with Crippen LogP contribution in [0.1, 0.15) is 76.5 Å². The largest absolute Gasteiger partial charge is 0.310 e. The van der Waals surface area contributed by atoms with E-state index in [9.17, 15) is 0 Å². The van der Waals surface area contributed by atoms with E-state index in [-0.39, 0.29) is 0 Å². The number of benzene rings is 1. The number of hydrogen-bond acceptors (Lipinski definition) is 1. The molecule has 0 saturated heterocycles. The van der Waals surface area contributed by atoms with Gasteiger partial charge in [-0.2, -0.15) is 0 Å². The van der Waals surface area contributed by atoms with E-state index in [0.717, 1.165) is 18.3 Å². The third-order valence-corrected chi connectivity index (χ3v) is 5.28. The Balaban J connectivity index is 1.76. The second kappa shape index (κ2) is 8.58. The van der Waals surface area contributed by atoms with Gasteiger partial charge in [0, 0.05) is 6.04 Å². The highest BCUT2D eigenvalue weighted by atomic mass is 14.9. The van der Waals surface area contributed by atoms with Crippen LogP contribution in [0.2, 0.25) is 0 Å². The summed E-state index contributed by atoms with van der Waals surface area (Å²) in [4.78, 5) is 0. The van der Waals surface area contributed by atoms with E-state index in [2.05, 4.69) is 50.4 Å². The van der Waals surface area contributed by atoms with Crippen molar-refractivity contribution in [1.29, 1.82) is 0 Å². The van der Waals surface area contributed by atoms with Gasteiger partial charge in [0.25, 0.3) is 0 Å². The molecule has 1 N–H and O–H groups in total. The minimum absolute atomic E-state index is 0.526. The van der Waals surface area contributed by atoms with E-state index in [4.69, 9.17) is 0 Å². The van der Waals surface area contributed by atoms with Crippen molar-refractivity contribution in [2.24, 2.45) is 11.8 Å². The first-order chi connectivity index (χ1) is 10.2. The fourth-order valence-electron chi connectivity index (χ4n) is 3.56. The third-order valence-electron chi connectivity index (χ3n) is 5.28. The van der Waals surface area contributed by atoms with Crippen LogP contribution in [0, 0.1) is 11.8 Å². The fourth-order valence-corrected chi connectivity index (χ4v) is 3.56. The molecule has 0 heterocycles. The number of hydrogen-bond donors (Lipinski definition) is 1. The summed E-state index contributed by atoms with van der Waals surface area (Å²) >= 11 is 0. The van der Waals surface area contributed by atoms with E-state index in [1.54, 1.807) is 0 Å². The number of aryl methyl sites for hydroxylation is 1. The van der Waals surface area contributed by atoms with Gasteiger partial charge in [-0.15, -0.1) is 0 Å². The van der Waals surface area contributed by atoms with Crippen LogP contribution in [0.4, 0.5) is 0 Å². The summed E-state index contributed by atoms with van der Waals surface area (Å²) in [6.45, 7) is 8.08. The average Bonchev–Trinajstić information content (AvgIpc) is 2.53. The van der Waals surface area contributed by atoms with Crippen molar-refractivity contribution >= 4 is 0 Å². The monoisotopic (exact) mass is 287 g/mol. The summed E-state index contributed by atoms with van der Waals surface area (Å²) in [6, 6.07) is 9.70. The quantitative estimate of drug-likeness (QED) is 0.697. The van der Waals surface area contributed by atoms with Gasteiger partial charge in [0.05, 0.1) is 0 Å². The van der Waals surface area contributed by atoms with Gasteiger partial charge >= 0.3 is 0 Å². The van der Waals surface area contributed by atoms with E-state index in [0.29, 0.717) is 6.04 Å². The van der Waals surface area contributed by atoms with Crippen molar-refractivity contribution in [2.75, 3.05) is 6.54 Å². The van der Waals surface area contributed by atoms with Gasteiger partial charge in [-0.1, -0.05) is 70.7 Å². The molecular weight excluding hydrogens is 254 g/mol. The molecule has 0 aromatic heterocycles. The standard InChI is InChI=1S/C20H33N/c1-4-17-10-12-19(13-11-17)20(5-2)21-15-14-18-8-6-16(3)7-9-18/h10-13,16,18,20-21H,4-9,14-15H2,1-3H3. The smallest absolute Gasteiger partial charge is 0.0317 e. The molecule has 0 spiro atoms. The summed E-state index contributed by atoms with van der Waals surface area (Å²) in [7, 11) is 0. The Bertz CT molecular complexity index is 387. The first-order valence-electron chi connectivity index (χ1n) is 9.05. The molecule has 0 radical (unpaired) electrons. The molecule has 1 aliphatic carbocycles. The Morgan fingerprint density at radius 3 is 2.29 bits per heavy atom. The average molecular weight is 287 g/mol. The molecule has 1 heteroatoms. The van der Waals surface area contributed by atoms with Gasteiger partial charge in [0.15, 0.2) is 0 Å². The van der Waals surface area contributed by atoms with E-state index in [1.165, 1.54) is 56.2 Å². The van der Waals surface area contributed by atoms with Crippen LogP contribution in [0.3, 0.4) is 0 Å². The van der Waals surface area contributed by atoms with Gasteiger partial charge < -0.3 is 5.32 Å². The SMILES string of the molecule is CCc1ccc(C(CC)NCCC2CCC(C)CC2)cc1. The lowest BCUT2D eigenvalue weighted by Crippen LogP contribution is -2.24. The molecule has 0 bridgehead atoms. The Morgan fingerprint density at radius 2 is 1.71 bits per heavy atom. The van der Waals surface area contributed by atoms with Crippen LogP contribution in [-0.4, -0.2) is 6.54 Å². The van der Waals surface area contributed by atoms with Gasteiger partial charge in [-0.25, -0.2) is 0 Å². The van der Waals surface area contributed by atoms with E-state index >= 15 is 0 Å². The first kappa shape index (κ1) is 16.5. The lowest BCUT2D eigenvalue weighted by atomic mass is 9.81. The molecule has 0 amide bonds. The van der Waals surface area contributed by atoms with Crippen molar-refractivity contribution in [3.8, 4) is 0 Å². The molecule has 1 saturated carbocycles. The minimum Gasteiger partial charge on any atom is -0.310 e. The molecule has 1 atom stereocenters. The second-order valence-corrected chi connectivity index (χ2v) is 6.92. The fraction of sp³-hybridized carbons (Fsp3) is 0.700. The zero-order valence-corrected chi connectivity index (χ0v) is 14.2. The molecule has 21 heavy (non-hydrogen) atoms. The van der Waals surface area contributed by atoms with Crippen molar-refractivity contribution in [1.82, 2.24) is 5.32 Å². The van der Waals surface area contributed by atoms with Crippen molar-refractivity contribution in [3.63, 3.8) is 0 Å². The summed E-state index contributed by atoms with van der Waals surface area (Å²) in [6.07, 6.45) is 9.45. The topological polar surface area (TPSA) is 12.0 Å². The maximum Gasteiger partial charge on any atom is 0.0317 e. The van der Waals surface area contributed by atoms with Gasteiger partial charge in [0.1, 0.15) is 0 Å². The third kappa shape index (κ3) is 5.14. The molecule has 1 aliphatic rings. The predicted octanol–water partition coefficient (Wildman–Crippen LogP) is 5.51. The normalized spacial score (nSPS) is 24.0. The van der Waals surface area contributed by atoms with Crippen molar-refractivity contribution < 1.29 is 0 Å². The van der Waals surface area contributed by atoms with Gasteiger partial charge in [0.2, 0.25) is 0 Å². The first-order valence-corrected chi connectivity index (χ1v) is 9.05. The Labute approximate surface area is 131 Å². The molecule has 1 aromatic carbocycles. The van der Waals surface area contributed by atoms with Crippen LogP contribution in [0.25, 0.3) is 0 Å². The van der Waals surface area contributed by atoms with E-state index in [1.807, 2.05) is 0 Å². The molecule has 1 aromatic rings. The highest BCUT2D eigenvalue weighted by Gasteiger charge is 2.18. The zero-order chi connectivity index (χ0) is 15.1. The molecule has 1 nitrogen and oxygen atoms in total. The summed E-state index contributed by atoms with van der Waals surface area (Å²) < 4.78 is 0. The maximum absolute atomic E-state index is 3.78. The molecule has 2 rings (SSSR count). The van der Waals surface area contributed by atoms with Crippen LogP contribution < -0.4 is 5.32 Å². The highest BCUT2D eigenvalue weighted by Crippen LogP contribution is 2.30. The lowest BCUT2D eigenvalue weighted by Gasteiger charge is -2.27. The van der Waals surface area contributed by atoms with Crippen LogP contribution in [0.15, 0.2) is 24.3 Å². The Morgan fingerprint density at radius 1 is 1.05 bits per heavy atom. The Hall–Kier alpha value is -0.820.